The number of hydrogen-bond acceptors (Lipinski definition) is 4. The Morgan fingerprint density at radius 3 is 1.24 bits per heavy atom. The van der Waals surface area contributed by atoms with Crippen molar-refractivity contribution in [2.24, 2.45) is 0 Å². The second kappa shape index (κ2) is 17.0. The summed E-state index contributed by atoms with van der Waals surface area (Å²) in [4.78, 5) is 26.0. The fourth-order valence-electron chi connectivity index (χ4n) is 5.38. The lowest BCUT2D eigenvalue weighted by atomic mass is 9.86. The molecular formula is C46H45FN4O4. The molecule has 0 atom stereocenters. The summed E-state index contributed by atoms with van der Waals surface area (Å²) in [5.41, 5.74) is 5.79. The summed E-state index contributed by atoms with van der Waals surface area (Å²) in [7, 11) is 3.15. The first-order valence-electron chi connectivity index (χ1n) is 17.7. The second-order valence-electron chi connectivity index (χ2n) is 14.9. The summed E-state index contributed by atoms with van der Waals surface area (Å²) in [6.07, 6.45) is 0. The van der Waals surface area contributed by atoms with Gasteiger partial charge in [0.25, 0.3) is 0 Å². The Bertz CT molecular complexity index is 2150. The van der Waals surface area contributed by atoms with E-state index in [1.165, 1.54) is 12.1 Å². The van der Waals surface area contributed by atoms with E-state index in [9.17, 15) is 9.59 Å². The van der Waals surface area contributed by atoms with Crippen LogP contribution in [0, 0.1) is 29.5 Å². The van der Waals surface area contributed by atoms with Crippen LogP contribution < -0.4 is 30.7 Å². The van der Waals surface area contributed by atoms with Gasteiger partial charge in [0.1, 0.15) is 17.3 Å². The first-order valence-corrected chi connectivity index (χ1v) is 17.7. The molecule has 5 rings (SSSR count). The van der Waals surface area contributed by atoms with Crippen LogP contribution in [0.25, 0.3) is 0 Å². The van der Waals surface area contributed by atoms with Gasteiger partial charge in [-0.05, 0) is 113 Å². The molecule has 0 unspecified atom stereocenters. The van der Waals surface area contributed by atoms with Crippen LogP contribution in [-0.4, -0.2) is 26.3 Å². The fourth-order valence-corrected chi connectivity index (χ4v) is 5.38. The molecule has 0 aromatic heterocycles. The number of anilines is 4. The van der Waals surface area contributed by atoms with Crippen molar-refractivity contribution in [2.75, 3.05) is 35.5 Å². The van der Waals surface area contributed by atoms with Crippen LogP contribution in [0.15, 0.2) is 103 Å². The maximum atomic E-state index is 15.1. The highest BCUT2D eigenvalue weighted by Gasteiger charge is 2.18. The number of halogens is 1. The van der Waals surface area contributed by atoms with Crippen LogP contribution in [0.4, 0.5) is 36.7 Å². The minimum Gasteiger partial charge on any atom is -0.497 e. The number of hydrogen-bond donors (Lipinski definition) is 4. The second-order valence-corrected chi connectivity index (χ2v) is 14.9. The normalized spacial score (nSPS) is 10.9. The van der Waals surface area contributed by atoms with E-state index in [0.717, 1.165) is 11.1 Å². The zero-order valence-electron chi connectivity index (χ0n) is 32.3. The third-order valence-corrected chi connectivity index (χ3v) is 8.54. The first-order chi connectivity index (χ1) is 26.1. The largest absolute Gasteiger partial charge is 0.497 e. The number of urea groups is 2. The zero-order chi connectivity index (χ0) is 39.8. The van der Waals surface area contributed by atoms with E-state index in [1.54, 1.807) is 68.8 Å². The van der Waals surface area contributed by atoms with E-state index in [4.69, 9.17) is 9.47 Å². The molecule has 0 heterocycles. The Hall–Kier alpha value is -6.71. The summed E-state index contributed by atoms with van der Waals surface area (Å²) in [5.74, 6) is 13.3. The Kier molecular flexibility index (Phi) is 12.2. The molecule has 4 N–H and O–H groups in total. The fraction of sp³-hybridized carbons (Fsp3) is 0.217. The van der Waals surface area contributed by atoms with Crippen molar-refractivity contribution in [3.05, 3.63) is 142 Å². The Balaban J connectivity index is 1.43. The molecule has 0 fully saturated rings. The standard InChI is InChI=1S/C46H45FN4O4/c1-45(2,3)34-13-23-41(50-43(52)48-37-15-19-39(54-7)20-16-37)32(28-34)11-9-30-25-31(27-36(47)26-30)10-12-33-29-35(46(4,5)6)14-24-42(33)51-44(53)49-38-17-21-40(55-8)22-18-38/h13-29H,1-8H3,(H2,48,50,52)(H2,49,51,53). The van der Waals surface area contributed by atoms with Crippen LogP contribution in [-0.2, 0) is 10.8 Å². The number of ether oxygens (including phenoxy) is 2. The van der Waals surface area contributed by atoms with Crippen molar-refractivity contribution < 1.29 is 23.5 Å². The van der Waals surface area contributed by atoms with Crippen LogP contribution in [0.5, 0.6) is 11.5 Å². The molecule has 0 aliphatic heterocycles. The summed E-state index contributed by atoms with van der Waals surface area (Å²) in [6.45, 7) is 12.5. The molecule has 55 heavy (non-hydrogen) atoms. The smallest absolute Gasteiger partial charge is 0.323 e. The van der Waals surface area contributed by atoms with Crippen LogP contribution >= 0.6 is 0 Å². The van der Waals surface area contributed by atoms with Crippen LogP contribution in [0.1, 0.15) is 74.9 Å². The number of rotatable bonds is 6. The third kappa shape index (κ3) is 11.1. The Labute approximate surface area is 322 Å². The topological polar surface area (TPSA) is 101 Å². The zero-order valence-corrected chi connectivity index (χ0v) is 32.3. The third-order valence-electron chi connectivity index (χ3n) is 8.54. The average molecular weight is 737 g/mol. The SMILES string of the molecule is COc1ccc(NC(=O)Nc2ccc(C(C)(C)C)cc2C#Cc2cc(F)cc(C#Cc3cc(C(C)(C)C)ccc3NC(=O)Nc3ccc(OC)cc3)c2)cc1. The number of methoxy groups -OCH3 is 2. The van der Waals surface area contributed by atoms with Crippen molar-refractivity contribution in [3.63, 3.8) is 0 Å². The lowest BCUT2D eigenvalue weighted by Crippen LogP contribution is -2.20. The summed E-state index contributed by atoms with van der Waals surface area (Å²) in [6, 6.07) is 28.9. The van der Waals surface area contributed by atoms with Gasteiger partial charge in [-0.1, -0.05) is 77.4 Å². The number of benzene rings is 5. The van der Waals surface area contributed by atoms with E-state index in [-0.39, 0.29) is 10.8 Å². The van der Waals surface area contributed by atoms with Gasteiger partial charge < -0.3 is 30.7 Å². The predicted molar refractivity (Wildman–Crippen MR) is 220 cm³/mol. The number of carbonyl (C=O) groups is 2. The highest BCUT2D eigenvalue weighted by Crippen LogP contribution is 2.29. The van der Waals surface area contributed by atoms with E-state index in [1.807, 2.05) is 36.4 Å². The minimum atomic E-state index is -0.502. The molecule has 4 amide bonds. The van der Waals surface area contributed by atoms with Gasteiger partial charge in [-0.25, -0.2) is 14.0 Å². The number of carbonyl (C=O) groups excluding carboxylic acids is 2. The van der Waals surface area contributed by atoms with Gasteiger partial charge in [0.15, 0.2) is 0 Å². The van der Waals surface area contributed by atoms with Crippen LogP contribution in [0.2, 0.25) is 0 Å². The van der Waals surface area contributed by atoms with Gasteiger partial charge in [0, 0.05) is 33.6 Å². The maximum absolute atomic E-state index is 15.1. The van der Waals surface area contributed by atoms with Crippen molar-refractivity contribution in [3.8, 4) is 35.2 Å². The van der Waals surface area contributed by atoms with Gasteiger partial charge in [-0.3, -0.25) is 0 Å². The molecular weight excluding hydrogens is 692 g/mol. The summed E-state index contributed by atoms with van der Waals surface area (Å²) in [5, 5.41) is 11.4. The summed E-state index contributed by atoms with van der Waals surface area (Å²) < 4.78 is 25.4. The minimum absolute atomic E-state index is 0.184. The highest BCUT2D eigenvalue weighted by atomic mass is 19.1. The number of amides is 4. The van der Waals surface area contributed by atoms with Crippen LogP contribution in [0.3, 0.4) is 0 Å². The molecule has 0 saturated carbocycles. The number of nitrogens with one attached hydrogen (secondary N) is 4. The molecule has 0 spiro atoms. The summed E-state index contributed by atoms with van der Waals surface area (Å²) >= 11 is 0. The molecule has 0 saturated heterocycles. The van der Waals surface area contributed by atoms with Gasteiger partial charge >= 0.3 is 12.1 Å². The van der Waals surface area contributed by atoms with Crippen molar-refractivity contribution >= 4 is 34.8 Å². The molecule has 8 nitrogen and oxygen atoms in total. The molecule has 0 aliphatic rings. The molecule has 0 bridgehead atoms. The average Bonchev–Trinajstić information content (AvgIpc) is 3.13. The molecule has 9 heteroatoms. The Morgan fingerprint density at radius 1 is 0.509 bits per heavy atom. The Morgan fingerprint density at radius 2 is 0.891 bits per heavy atom. The quantitative estimate of drug-likeness (QED) is 0.130. The lowest BCUT2D eigenvalue weighted by Gasteiger charge is -2.20. The van der Waals surface area contributed by atoms with Crippen molar-refractivity contribution in [1.29, 1.82) is 0 Å². The highest BCUT2D eigenvalue weighted by molar-refractivity contribution is 6.01. The molecule has 5 aromatic rings. The molecule has 0 radical (unpaired) electrons. The van der Waals surface area contributed by atoms with Crippen molar-refractivity contribution in [2.45, 2.75) is 52.4 Å². The molecule has 5 aromatic carbocycles. The van der Waals surface area contributed by atoms with E-state index in [2.05, 4.69) is 86.5 Å². The van der Waals surface area contributed by atoms with Gasteiger partial charge in [-0.15, -0.1) is 0 Å². The molecule has 0 aliphatic carbocycles. The maximum Gasteiger partial charge on any atom is 0.323 e. The molecule has 280 valence electrons. The predicted octanol–water partition coefficient (Wildman–Crippen LogP) is 10.5. The van der Waals surface area contributed by atoms with Gasteiger partial charge in [-0.2, -0.15) is 0 Å². The lowest BCUT2D eigenvalue weighted by molar-refractivity contribution is 0.261. The van der Waals surface area contributed by atoms with E-state index < -0.39 is 17.9 Å². The first kappa shape index (κ1) is 39.5. The van der Waals surface area contributed by atoms with Gasteiger partial charge in [0.2, 0.25) is 0 Å². The van der Waals surface area contributed by atoms with E-state index >= 15 is 4.39 Å². The van der Waals surface area contributed by atoms with Crippen molar-refractivity contribution in [1.82, 2.24) is 0 Å². The monoisotopic (exact) mass is 736 g/mol. The van der Waals surface area contributed by atoms with E-state index in [0.29, 0.717) is 56.5 Å². The van der Waals surface area contributed by atoms with Gasteiger partial charge in [0.05, 0.1) is 25.6 Å².